The molecule has 0 bridgehead atoms. The van der Waals surface area contributed by atoms with Crippen molar-refractivity contribution in [1.29, 1.82) is 0 Å². The minimum Gasteiger partial charge on any atom is -0.491 e. The molecule has 0 fully saturated rings. The lowest BCUT2D eigenvalue weighted by Gasteiger charge is -2.09. The standard InChI is InChI=1S/C14H19N3OS/c1-10(2)18-12-6-3-5-11(9-12)14-17-16-13(19-14)7-4-8-15/h3,5-6,9-10H,4,7-8,15H2,1-2H3. The number of rotatable bonds is 6. The molecule has 102 valence electrons. The molecule has 0 saturated heterocycles. The van der Waals surface area contributed by atoms with E-state index in [1.54, 1.807) is 11.3 Å². The summed E-state index contributed by atoms with van der Waals surface area (Å²) in [6.07, 6.45) is 2.02. The van der Waals surface area contributed by atoms with Crippen molar-refractivity contribution in [2.75, 3.05) is 6.54 Å². The highest BCUT2D eigenvalue weighted by molar-refractivity contribution is 7.14. The maximum Gasteiger partial charge on any atom is 0.147 e. The summed E-state index contributed by atoms with van der Waals surface area (Å²) in [7, 11) is 0. The Labute approximate surface area is 117 Å². The maximum absolute atomic E-state index is 5.69. The molecule has 0 amide bonds. The number of nitrogens with zero attached hydrogens (tertiary/aromatic N) is 2. The van der Waals surface area contributed by atoms with Gasteiger partial charge in [-0.25, -0.2) is 0 Å². The molecule has 0 aliphatic heterocycles. The molecule has 0 saturated carbocycles. The topological polar surface area (TPSA) is 61.0 Å². The molecule has 0 radical (unpaired) electrons. The van der Waals surface area contributed by atoms with Crippen molar-refractivity contribution in [2.24, 2.45) is 5.73 Å². The molecular formula is C14H19N3OS. The van der Waals surface area contributed by atoms with E-state index in [4.69, 9.17) is 10.5 Å². The molecule has 2 aromatic rings. The number of nitrogens with two attached hydrogens (primary N) is 1. The lowest BCUT2D eigenvalue weighted by atomic mass is 10.2. The van der Waals surface area contributed by atoms with Crippen molar-refractivity contribution >= 4 is 11.3 Å². The monoisotopic (exact) mass is 277 g/mol. The van der Waals surface area contributed by atoms with Gasteiger partial charge in [-0.05, 0) is 38.9 Å². The Bertz CT molecular complexity index is 525. The Morgan fingerprint density at radius 2 is 2.16 bits per heavy atom. The van der Waals surface area contributed by atoms with Crippen LogP contribution in [-0.4, -0.2) is 22.8 Å². The predicted molar refractivity (Wildman–Crippen MR) is 78.5 cm³/mol. The third-order valence-electron chi connectivity index (χ3n) is 2.51. The Kier molecular flexibility index (Phi) is 4.87. The van der Waals surface area contributed by atoms with Crippen LogP contribution < -0.4 is 10.5 Å². The molecule has 0 spiro atoms. The van der Waals surface area contributed by atoms with Crippen LogP contribution in [0.25, 0.3) is 10.6 Å². The van der Waals surface area contributed by atoms with Crippen LogP contribution in [0.4, 0.5) is 0 Å². The highest BCUT2D eigenvalue weighted by Crippen LogP contribution is 2.27. The normalized spacial score (nSPS) is 10.9. The van der Waals surface area contributed by atoms with E-state index < -0.39 is 0 Å². The van der Waals surface area contributed by atoms with Crippen LogP contribution in [0.5, 0.6) is 5.75 Å². The van der Waals surface area contributed by atoms with Crippen LogP contribution in [-0.2, 0) is 6.42 Å². The molecule has 5 heteroatoms. The van der Waals surface area contributed by atoms with E-state index in [0.717, 1.165) is 34.2 Å². The Hall–Kier alpha value is -1.46. The van der Waals surface area contributed by atoms with Crippen molar-refractivity contribution in [3.63, 3.8) is 0 Å². The van der Waals surface area contributed by atoms with Gasteiger partial charge in [0.2, 0.25) is 0 Å². The summed E-state index contributed by atoms with van der Waals surface area (Å²) in [4.78, 5) is 0. The first kappa shape index (κ1) is 14.0. The first-order valence-corrected chi connectivity index (χ1v) is 7.30. The van der Waals surface area contributed by atoms with Crippen molar-refractivity contribution in [3.8, 4) is 16.3 Å². The van der Waals surface area contributed by atoms with Gasteiger partial charge in [-0.3, -0.25) is 0 Å². The van der Waals surface area contributed by atoms with Gasteiger partial charge in [-0.2, -0.15) is 0 Å². The van der Waals surface area contributed by atoms with Gasteiger partial charge in [0.1, 0.15) is 15.8 Å². The summed E-state index contributed by atoms with van der Waals surface area (Å²) in [5, 5.41) is 10.4. The molecule has 0 atom stereocenters. The van der Waals surface area contributed by atoms with Crippen LogP contribution in [0.15, 0.2) is 24.3 Å². The fraction of sp³-hybridized carbons (Fsp3) is 0.429. The first-order valence-electron chi connectivity index (χ1n) is 6.48. The van der Waals surface area contributed by atoms with Gasteiger partial charge < -0.3 is 10.5 Å². The van der Waals surface area contributed by atoms with E-state index in [2.05, 4.69) is 10.2 Å². The van der Waals surface area contributed by atoms with E-state index in [9.17, 15) is 0 Å². The Morgan fingerprint density at radius 1 is 1.32 bits per heavy atom. The number of benzene rings is 1. The van der Waals surface area contributed by atoms with Crippen molar-refractivity contribution in [2.45, 2.75) is 32.8 Å². The molecule has 4 nitrogen and oxygen atoms in total. The molecule has 0 unspecified atom stereocenters. The number of aryl methyl sites for hydroxylation is 1. The summed E-state index contributed by atoms with van der Waals surface area (Å²) < 4.78 is 5.69. The highest BCUT2D eigenvalue weighted by Gasteiger charge is 2.08. The molecule has 2 N–H and O–H groups in total. The van der Waals surface area contributed by atoms with Gasteiger partial charge in [0.05, 0.1) is 6.10 Å². The first-order chi connectivity index (χ1) is 9.19. The summed E-state index contributed by atoms with van der Waals surface area (Å²) in [5.41, 5.74) is 6.55. The third kappa shape index (κ3) is 4.01. The van der Waals surface area contributed by atoms with Gasteiger partial charge in [-0.1, -0.05) is 23.5 Å². The van der Waals surface area contributed by atoms with Crippen LogP contribution in [0.3, 0.4) is 0 Å². The number of hydrogen-bond acceptors (Lipinski definition) is 5. The zero-order valence-corrected chi connectivity index (χ0v) is 12.1. The largest absolute Gasteiger partial charge is 0.491 e. The van der Waals surface area contributed by atoms with E-state index >= 15 is 0 Å². The zero-order valence-electron chi connectivity index (χ0n) is 11.3. The van der Waals surface area contributed by atoms with Gasteiger partial charge in [0.15, 0.2) is 0 Å². The minimum atomic E-state index is 0.171. The van der Waals surface area contributed by atoms with Crippen molar-refractivity contribution < 1.29 is 4.74 Å². The lowest BCUT2D eigenvalue weighted by molar-refractivity contribution is 0.242. The molecule has 19 heavy (non-hydrogen) atoms. The minimum absolute atomic E-state index is 0.171. The highest BCUT2D eigenvalue weighted by atomic mass is 32.1. The second kappa shape index (κ2) is 6.63. The van der Waals surface area contributed by atoms with Crippen LogP contribution in [0.2, 0.25) is 0 Å². The summed E-state index contributed by atoms with van der Waals surface area (Å²) in [6, 6.07) is 7.97. The summed E-state index contributed by atoms with van der Waals surface area (Å²) in [6.45, 7) is 4.72. The van der Waals surface area contributed by atoms with E-state index in [-0.39, 0.29) is 6.10 Å². The average molecular weight is 277 g/mol. The average Bonchev–Trinajstić information content (AvgIpc) is 2.84. The number of aromatic nitrogens is 2. The quantitative estimate of drug-likeness (QED) is 0.882. The molecule has 1 aromatic carbocycles. The number of ether oxygens (including phenoxy) is 1. The van der Waals surface area contributed by atoms with Crippen LogP contribution in [0, 0.1) is 0 Å². The van der Waals surface area contributed by atoms with Gasteiger partial charge in [-0.15, -0.1) is 10.2 Å². The third-order valence-corrected chi connectivity index (χ3v) is 3.55. The smallest absolute Gasteiger partial charge is 0.147 e. The molecule has 1 heterocycles. The zero-order chi connectivity index (χ0) is 13.7. The SMILES string of the molecule is CC(C)Oc1cccc(-c2nnc(CCCN)s2)c1. The number of hydrogen-bond donors (Lipinski definition) is 1. The Morgan fingerprint density at radius 3 is 2.89 bits per heavy atom. The fourth-order valence-corrected chi connectivity index (χ4v) is 2.58. The van der Waals surface area contributed by atoms with E-state index in [1.807, 2.05) is 38.1 Å². The molecule has 0 aliphatic rings. The van der Waals surface area contributed by atoms with Crippen LogP contribution >= 0.6 is 11.3 Å². The second-order valence-corrected chi connectivity index (χ2v) is 5.65. The molecule has 1 aromatic heterocycles. The van der Waals surface area contributed by atoms with Gasteiger partial charge >= 0.3 is 0 Å². The maximum atomic E-state index is 5.69. The summed E-state index contributed by atoms with van der Waals surface area (Å²) >= 11 is 1.62. The van der Waals surface area contributed by atoms with E-state index in [0.29, 0.717) is 6.54 Å². The fourth-order valence-electron chi connectivity index (χ4n) is 1.70. The molecule has 2 rings (SSSR count). The van der Waals surface area contributed by atoms with Gasteiger partial charge in [0, 0.05) is 12.0 Å². The van der Waals surface area contributed by atoms with Gasteiger partial charge in [0.25, 0.3) is 0 Å². The summed E-state index contributed by atoms with van der Waals surface area (Å²) in [5.74, 6) is 0.867. The lowest BCUT2D eigenvalue weighted by Crippen LogP contribution is -2.05. The molecule has 0 aliphatic carbocycles. The van der Waals surface area contributed by atoms with Crippen molar-refractivity contribution in [3.05, 3.63) is 29.3 Å². The predicted octanol–water partition coefficient (Wildman–Crippen LogP) is 2.88. The Balaban J connectivity index is 2.14. The second-order valence-electron chi connectivity index (χ2n) is 4.59. The van der Waals surface area contributed by atoms with Crippen molar-refractivity contribution in [1.82, 2.24) is 10.2 Å². The van der Waals surface area contributed by atoms with E-state index in [1.165, 1.54) is 0 Å². The molecular weight excluding hydrogens is 258 g/mol. The van der Waals surface area contributed by atoms with Crippen LogP contribution in [0.1, 0.15) is 25.3 Å².